The van der Waals surface area contributed by atoms with Gasteiger partial charge in [0.2, 0.25) is 0 Å². The van der Waals surface area contributed by atoms with Crippen LogP contribution in [-0.4, -0.2) is 50.7 Å². The standard InChI is InChI=1S/C17H19N5O3S/c1-9(2)26-11-6-4-10(5-7-11)12-8-22(3)14(18)13(19-12)15-20-21-16(25-15)17(23)24/h4-7,9H,8,18H2,1-3H3,(H,23,24). The number of benzene rings is 1. The van der Waals surface area contributed by atoms with Gasteiger partial charge in [-0.15, -0.1) is 22.0 Å². The Morgan fingerprint density at radius 3 is 2.58 bits per heavy atom. The Morgan fingerprint density at radius 2 is 2.00 bits per heavy atom. The van der Waals surface area contributed by atoms with Crippen LogP contribution in [-0.2, 0) is 0 Å². The van der Waals surface area contributed by atoms with Gasteiger partial charge >= 0.3 is 11.9 Å². The Balaban J connectivity index is 1.94. The number of carboxylic acids is 1. The first-order chi connectivity index (χ1) is 12.3. The van der Waals surface area contributed by atoms with Crippen LogP contribution in [0.15, 0.2) is 44.4 Å². The molecule has 0 unspecified atom stereocenters. The number of carbonyl (C=O) groups is 1. The molecule has 3 rings (SSSR count). The van der Waals surface area contributed by atoms with Crippen molar-refractivity contribution in [3.05, 3.63) is 47.4 Å². The van der Waals surface area contributed by atoms with Crippen molar-refractivity contribution in [1.82, 2.24) is 15.1 Å². The van der Waals surface area contributed by atoms with Gasteiger partial charge in [-0.2, -0.15) is 0 Å². The van der Waals surface area contributed by atoms with Crippen molar-refractivity contribution >= 4 is 29.1 Å². The molecule has 0 saturated heterocycles. The average molecular weight is 373 g/mol. The van der Waals surface area contributed by atoms with E-state index in [1.165, 1.54) is 4.90 Å². The Kier molecular flexibility index (Phi) is 4.99. The lowest BCUT2D eigenvalue weighted by molar-refractivity contribution is 0.0653. The molecule has 0 saturated carbocycles. The van der Waals surface area contributed by atoms with E-state index in [0.717, 1.165) is 11.3 Å². The number of aliphatic imine (C=N–C) groups is 1. The van der Waals surface area contributed by atoms with E-state index in [9.17, 15) is 4.79 Å². The maximum Gasteiger partial charge on any atom is 0.393 e. The zero-order chi connectivity index (χ0) is 18.8. The van der Waals surface area contributed by atoms with Gasteiger partial charge in [0.05, 0.1) is 12.3 Å². The Bertz CT molecular complexity index is 886. The fourth-order valence-electron chi connectivity index (χ4n) is 2.43. The van der Waals surface area contributed by atoms with Gasteiger partial charge in [0.1, 0.15) is 5.82 Å². The van der Waals surface area contributed by atoms with Crippen LogP contribution in [0.25, 0.3) is 5.70 Å². The summed E-state index contributed by atoms with van der Waals surface area (Å²) in [6, 6.07) is 8.12. The minimum atomic E-state index is -1.30. The minimum Gasteiger partial charge on any atom is -0.474 e. The number of carboxylic acid groups (broad SMARTS) is 1. The van der Waals surface area contributed by atoms with Crippen molar-refractivity contribution in [2.75, 3.05) is 13.6 Å². The van der Waals surface area contributed by atoms with Crippen molar-refractivity contribution in [3.8, 4) is 0 Å². The Morgan fingerprint density at radius 1 is 1.31 bits per heavy atom. The van der Waals surface area contributed by atoms with Gasteiger partial charge < -0.3 is 20.2 Å². The first kappa shape index (κ1) is 18.0. The third-order valence-corrected chi connectivity index (χ3v) is 4.67. The highest BCUT2D eigenvalue weighted by Gasteiger charge is 2.25. The lowest BCUT2D eigenvalue weighted by atomic mass is 10.1. The second kappa shape index (κ2) is 7.20. The highest BCUT2D eigenvalue weighted by Crippen LogP contribution is 2.26. The number of nitrogens with two attached hydrogens (primary N) is 1. The molecule has 8 nitrogen and oxygen atoms in total. The molecule has 1 aromatic carbocycles. The van der Waals surface area contributed by atoms with E-state index in [4.69, 9.17) is 15.3 Å². The zero-order valence-electron chi connectivity index (χ0n) is 14.6. The molecule has 0 amide bonds. The summed E-state index contributed by atoms with van der Waals surface area (Å²) in [6.45, 7) is 4.81. The lowest BCUT2D eigenvalue weighted by Gasteiger charge is -2.26. The molecule has 2 aromatic rings. The first-order valence-electron chi connectivity index (χ1n) is 7.98. The molecule has 136 valence electrons. The second-order valence-electron chi connectivity index (χ2n) is 6.06. The van der Waals surface area contributed by atoms with Crippen LogP contribution in [0.3, 0.4) is 0 Å². The van der Waals surface area contributed by atoms with Crippen LogP contribution in [0.4, 0.5) is 0 Å². The molecule has 0 fully saturated rings. The largest absolute Gasteiger partial charge is 0.474 e. The molecule has 1 aromatic heterocycles. The minimum absolute atomic E-state index is 0.0177. The van der Waals surface area contributed by atoms with E-state index in [0.29, 0.717) is 17.6 Å². The van der Waals surface area contributed by atoms with Crippen molar-refractivity contribution in [3.63, 3.8) is 0 Å². The summed E-state index contributed by atoms with van der Waals surface area (Å²) in [7, 11) is 1.82. The van der Waals surface area contributed by atoms with Gasteiger partial charge in [0.15, 0.2) is 5.70 Å². The maximum atomic E-state index is 10.9. The summed E-state index contributed by atoms with van der Waals surface area (Å²) in [5, 5.41) is 16.7. The number of hydrogen-bond acceptors (Lipinski definition) is 8. The molecular formula is C17H19N5O3S. The molecule has 0 atom stereocenters. The molecule has 0 bridgehead atoms. The van der Waals surface area contributed by atoms with Gasteiger partial charge in [0, 0.05) is 17.2 Å². The van der Waals surface area contributed by atoms with Gasteiger partial charge in [-0.05, 0) is 17.7 Å². The topological polar surface area (TPSA) is 118 Å². The monoisotopic (exact) mass is 373 g/mol. The van der Waals surface area contributed by atoms with Crippen LogP contribution in [0.1, 0.15) is 36.0 Å². The molecule has 2 heterocycles. The Labute approximate surface area is 154 Å². The molecular weight excluding hydrogens is 354 g/mol. The van der Waals surface area contributed by atoms with E-state index in [1.807, 2.05) is 19.2 Å². The fourth-order valence-corrected chi connectivity index (χ4v) is 3.27. The third kappa shape index (κ3) is 3.72. The molecule has 3 N–H and O–H groups in total. The van der Waals surface area contributed by atoms with Crippen LogP contribution in [0, 0.1) is 0 Å². The first-order valence-corrected chi connectivity index (χ1v) is 8.86. The second-order valence-corrected chi connectivity index (χ2v) is 7.71. The van der Waals surface area contributed by atoms with Crippen molar-refractivity contribution in [2.45, 2.75) is 24.0 Å². The summed E-state index contributed by atoms with van der Waals surface area (Å²) < 4.78 is 5.15. The van der Waals surface area contributed by atoms with Crippen LogP contribution < -0.4 is 5.73 Å². The maximum absolute atomic E-state index is 10.9. The van der Waals surface area contributed by atoms with Gasteiger partial charge in [-0.25, -0.2) is 9.79 Å². The van der Waals surface area contributed by atoms with Crippen LogP contribution in [0.2, 0.25) is 0 Å². The van der Waals surface area contributed by atoms with E-state index < -0.39 is 11.9 Å². The predicted molar refractivity (Wildman–Crippen MR) is 99.0 cm³/mol. The normalized spacial score (nSPS) is 14.8. The number of hydrogen-bond donors (Lipinski definition) is 2. The van der Waals surface area contributed by atoms with Gasteiger partial charge in [0.25, 0.3) is 5.89 Å². The van der Waals surface area contributed by atoms with E-state index in [1.54, 1.807) is 16.7 Å². The number of thioether (sulfide) groups is 1. The predicted octanol–water partition coefficient (Wildman–Crippen LogP) is 2.29. The van der Waals surface area contributed by atoms with E-state index >= 15 is 0 Å². The summed E-state index contributed by atoms with van der Waals surface area (Å²) >= 11 is 1.79. The van der Waals surface area contributed by atoms with Crippen molar-refractivity contribution < 1.29 is 14.3 Å². The van der Waals surface area contributed by atoms with E-state index in [-0.39, 0.29) is 11.6 Å². The highest BCUT2D eigenvalue weighted by atomic mass is 32.2. The SMILES string of the molecule is CC(C)Sc1ccc(C2=NC(c3nnc(C(=O)O)o3)=C(N)N(C)C2)cc1. The van der Waals surface area contributed by atoms with Crippen LogP contribution in [0.5, 0.6) is 0 Å². The molecule has 0 radical (unpaired) electrons. The van der Waals surface area contributed by atoms with Crippen molar-refractivity contribution in [1.29, 1.82) is 0 Å². The summed E-state index contributed by atoms with van der Waals surface area (Å²) in [4.78, 5) is 18.5. The smallest absolute Gasteiger partial charge is 0.393 e. The van der Waals surface area contributed by atoms with Crippen molar-refractivity contribution in [2.24, 2.45) is 10.7 Å². The average Bonchev–Trinajstić information content (AvgIpc) is 3.07. The number of rotatable bonds is 5. The number of likely N-dealkylation sites (N-methyl/N-ethyl adjacent to an activating group) is 1. The molecule has 0 aliphatic carbocycles. The molecule has 1 aliphatic heterocycles. The van der Waals surface area contributed by atoms with Crippen LogP contribution >= 0.6 is 11.8 Å². The Hall–Kier alpha value is -2.81. The number of aromatic nitrogens is 2. The molecule has 0 spiro atoms. The molecule has 26 heavy (non-hydrogen) atoms. The number of aromatic carboxylic acids is 1. The zero-order valence-corrected chi connectivity index (χ0v) is 15.4. The molecule has 1 aliphatic rings. The number of nitrogens with zero attached hydrogens (tertiary/aromatic N) is 4. The quantitative estimate of drug-likeness (QED) is 0.767. The van der Waals surface area contributed by atoms with Gasteiger partial charge in [-0.1, -0.05) is 26.0 Å². The summed E-state index contributed by atoms with van der Waals surface area (Å²) in [6.07, 6.45) is 0. The summed E-state index contributed by atoms with van der Waals surface area (Å²) in [5.74, 6) is -1.47. The summed E-state index contributed by atoms with van der Waals surface area (Å²) in [5.41, 5.74) is 8.09. The van der Waals surface area contributed by atoms with Gasteiger partial charge in [-0.3, -0.25) is 0 Å². The highest BCUT2D eigenvalue weighted by molar-refractivity contribution is 7.99. The third-order valence-electron chi connectivity index (χ3n) is 3.66. The molecule has 9 heteroatoms. The lowest BCUT2D eigenvalue weighted by Crippen LogP contribution is -2.34. The van der Waals surface area contributed by atoms with E-state index in [2.05, 4.69) is 41.2 Å². The fraction of sp³-hybridized carbons (Fsp3) is 0.294.